The standard InChI is InChI=1S/C30H32N2O4S/c33-22-14-16-32(17-15-22)29(34)18-21(20-37-23-8-2-1-3-9-23)31-30(35)36-19-28-26-12-6-4-10-24(26)25-11-5-7-13-27(25)28/h1-13,21-22,28,33H,14-20H2,(H,31,35)/t21-/m1/s1. The van der Waals surface area contributed by atoms with Gasteiger partial charge in [0, 0.05) is 36.1 Å². The zero-order chi connectivity index (χ0) is 25.6. The van der Waals surface area contributed by atoms with Gasteiger partial charge < -0.3 is 20.1 Å². The fourth-order valence-corrected chi connectivity index (χ4v) is 6.07. The monoisotopic (exact) mass is 516 g/mol. The molecule has 2 aliphatic rings. The van der Waals surface area contributed by atoms with Crippen LogP contribution in [0.3, 0.4) is 0 Å². The Hall–Kier alpha value is -3.29. The molecular formula is C30H32N2O4S. The van der Waals surface area contributed by atoms with Gasteiger partial charge in [-0.3, -0.25) is 4.79 Å². The summed E-state index contributed by atoms with van der Waals surface area (Å²) in [6.45, 7) is 1.32. The number of rotatable bonds is 8. The van der Waals surface area contributed by atoms with E-state index in [-0.39, 0.29) is 37.0 Å². The van der Waals surface area contributed by atoms with Gasteiger partial charge in [-0.15, -0.1) is 11.8 Å². The largest absolute Gasteiger partial charge is 0.449 e. The van der Waals surface area contributed by atoms with Crippen LogP contribution in [0.15, 0.2) is 83.8 Å². The molecule has 0 radical (unpaired) electrons. The van der Waals surface area contributed by atoms with E-state index in [1.54, 1.807) is 16.7 Å². The lowest BCUT2D eigenvalue weighted by Gasteiger charge is -2.31. The van der Waals surface area contributed by atoms with Crippen LogP contribution in [-0.2, 0) is 9.53 Å². The van der Waals surface area contributed by atoms with Crippen LogP contribution in [-0.4, -0.2) is 59.6 Å². The molecule has 0 bridgehead atoms. The highest BCUT2D eigenvalue weighted by Crippen LogP contribution is 2.44. The van der Waals surface area contributed by atoms with Crippen molar-refractivity contribution in [2.45, 2.75) is 42.2 Å². The van der Waals surface area contributed by atoms with Gasteiger partial charge in [0.05, 0.1) is 12.1 Å². The van der Waals surface area contributed by atoms with Crippen LogP contribution in [0.4, 0.5) is 4.79 Å². The summed E-state index contributed by atoms with van der Waals surface area (Å²) in [7, 11) is 0. The van der Waals surface area contributed by atoms with Gasteiger partial charge in [0.2, 0.25) is 5.91 Å². The van der Waals surface area contributed by atoms with Gasteiger partial charge in [-0.2, -0.15) is 0 Å². The van der Waals surface area contributed by atoms with E-state index >= 15 is 0 Å². The molecule has 5 rings (SSSR count). The minimum Gasteiger partial charge on any atom is -0.449 e. The van der Waals surface area contributed by atoms with Gasteiger partial charge in [0.1, 0.15) is 6.61 Å². The highest BCUT2D eigenvalue weighted by molar-refractivity contribution is 7.99. The second kappa shape index (κ2) is 11.8. The molecule has 2 N–H and O–H groups in total. The summed E-state index contributed by atoms with van der Waals surface area (Å²) in [5.41, 5.74) is 4.69. The first-order chi connectivity index (χ1) is 18.1. The summed E-state index contributed by atoms with van der Waals surface area (Å²) >= 11 is 1.60. The van der Waals surface area contributed by atoms with E-state index in [1.807, 2.05) is 54.6 Å². The Kier molecular flexibility index (Phi) is 8.12. The minimum atomic E-state index is -0.512. The molecule has 0 saturated carbocycles. The smallest absolute Gasteiger partial charge is 0.407 e. The molecule has 37 heavy (non-hydrogen) atoms. The number of likely N-dealkylation sites (tertiary alicyclic amines) is 1. The van der Waals surface area contributed by atoms with Crippen molar-refractivity contribution in [2.24, 2.45) is 0 Å². The Labute approximate surface area is 222 Å². The number of benzene rings is 3. The lowest BCUT2D eigenvalue weighted by Crippen LogP contribution is -2.45. The maximum Gasteiger partial charge on any atom is 0.407 e. The molecule has 1 saturated heterocycles. The SMILES string of the molecule is O=C(N[C@@H](CSc1ccccc1)CC(=O)N1CCC(O)CC1)OCC1c2ccccc2-c2ccccc21. The number of piperidine rings is 1. The summed E-state index contributed by atoms with van der Waals surface area (Å²) in [6.07, 6.45) is 0.527. The Balaban J connectivity index is 1.22. The summed E-state index contributed by atoms with van der Waals surface area (Å²) in [5.74, 6) is 0.525. The predicted molar refractivity (Wildman–Crippen MR) is 146 cm³/mol. The summed E-state index contributed by atoms with van der Waals surface area (Å²) in [4.78, 5) is 28.8. The van der Waals surface area contributed by atoms with E-state index in [2.05, 4.69) is 29.6 Å². The number of fused-ring (bicyclic) bond motifs is 3. The maximum absolute atomic E-state index is 13.0. The van der Waals surface area contributed by atoms with Gasteiger partial charge in [0.25, 0.3) is 0 Å². The van der Waals surface area contributed by atoms with Crippen LogP contribution in [0.5, 0.6) is 0 Å². The highest BCUT2D eigenvalue weighted by Gasteiger charge is 2.30. The Morgan fingerprint density at radius 1 is 0.919 bits per heavy atom. The highest BCUT2D eigenvalue weighted by atomic mass is 32.2. The molecule has 1 aliphatic heterocycles. The molecule has 2 amide bonds. The fourth-order valence-electron chi connectivity index (χ4n) is 5.13. The lowest BCUT2D eigenvalue weighted by atomic mass is 9.98. The molecule has 3 aromatic carbocycles. The number of carbonyl (C=O) groups excluding carboxylic acids is 2. The van der Waals surface area contributed by atoms with E-state index in [4.69, 9.17) is 4.74 Å². The van der Waals surface area contributed by atoms with E-state index in [0.717, 1.165) is 16.0 Å². The van der Waals surface area contributed by atoms with Gasteiger partial charge in [0.15, 0.2) is 0 Å². The maximum atomic E-state index is 13.0. The van der Waals surface area contributed by atoms with E-state index in [0.29, 0.717) is 31.7 Å². The number of nitrogens with one attached hydrogen (secondary N) is 1. The van der Waals surface area contributed by atoms with Gasteiger partial charge in [-0.1, -0.05) is 66.7 Å². The molecule has 6 nitrogen and oxygen atoms in total. The summed E-state index contributed by atoms with van der Waals surface area (Å²) < 4.78 is 5.75. The first kappa shape index (κ1) is 25.4. The third-order valence-electron chi connectivity index (χ3n) is 7.10. The average molecular weight is 517 g/mol. The van der Waals surface area contributed by atoms with Gasteiger partial charge >= 0.3 is 6.09 Å². The van der Waals surface area contributed by atoms with E-state index in [9.17, 15) is 14.7 Å². The van der Waals surface area contributed by atoms with Crippen molar-refractivity contribution in [3.05, 3.63) is 90.0 Å². The summed E-state index contributed by atoms with van der Waals surface area (Å²) in [6, 6.07) is 26.1. The number of amides is 2. The van der Waals surface area contributed by atoms with Crippen LogP contribution >= 0.6 is 11.8 Å². The first-order valence-corrected chi connectivity index (χ1v) is 13.8. The van der Waals surface area contributed by atoms with Crippen molar-refractivity contribution >= 4 is 23.8 Å². The Morgan fingerprint density at radius 2 is 1.51 bits per heavy atom. The molecule has 3 aromatic rings. The van der Waals surface area contributed by atoms with Crippen molar-refractivity contribution in [1.82, 2.24) is 10.2 Å². The quantitative estimate of drug-likeness (QED) is 0.409. The van der Waals surface area contributed by atoms with Crippen molar-refractivity contribution in [3.63, 3.8) is 0 Å². The number of aliphatic hydroxyl groups excluding tert-OH is 1. The van der Waals surface area contributed by atoms with Gasteiger partial charge in [-0.05, 0) is 47.2 Å². The Morgan fingerprint density at radius 3 is 2.16 bits per heavy atom. The number of nitrogens with zero attached hydrogens (tertiary/aromatic N) is 1. The molecule has 0 aromatic heterocycles. The Bertz CT molecular complexity index is 1180. The van der Waals surface area contributed by atoms with Crippen LogP contribution in [0.1, 0.15) is 36.3 Å². The molecule has 1 fully saturated rings. The molecule has 1 aliphatic carbocycles. The number of aliphatic hydroxyl groups is 1. The number of hydrogen-bond donors (Lipinski definition) is 2. The number of hydrogen-bond acceptors (Lipinski definition) is 5. The molecule has 1 atom stereocenters. The second-order valence-corrected chi connectivity index (χ2v) is 10.7. The van der Waals surface area contributed by atoms with Crippen molar-refractivity contribution in [1.29, 1.82) is 0 Å². The zero-order valence-corrected chi connectivity index (χ0v) is 21.5. The molecule has 0 spiro atoms. The zero-order valence-electron chi connectivity index (χ0n) is 20.7. The lowest BCUT2D eigenvalue weighted by molar-refractivity contribution is -0.133. The predicted octanol–water partition coefficient (Wildman–Crippen LogP) is 5.06. The number of carbonyl (C=O) groups is 2. The minimum absolute atomic E-state index is 0.00971. The van der Waals surface area contributed by atoms with E-state index < -0.39 is 6.09 Å². The number of alkyl carbamates (subject to hydrolysis) is 1. The van der Waals surface area contributed by atoms with Crippen LogP contribution in [0.2, 0.25) is 0 Å². The van der Waals surface area contributed by atoms with Crippen molar-refractivity contribution < 1.29 is 19.4 Å². The third kappa shape index (κ3) is 6.17. The molecule has 1 heterocycles. The molecule has 7 heteroatoms. The average Bonchev–Trinajstić information content (AvgIpc) is 3.25. The number of ether oxygens (including phenoxy) is 1. The van der Waals surface area contributed by atoms with Crippen LogP contribution < -0.4 is 5.32 Å². The van der Waals surface area contributed by atoms with Crippen LogP contribution in [0, 0.1) is 0 Å². The van der Waals surface area contributed by atoms with Crippen LogP contribution in [0.25, 0.3) is 11.1 Å². The molecule has 192 valence electrons. The molecule has 0 unspecified atom stereocenters. The third-order valence-corrected chi connectivity index (χ3v) is 8.27. The van der Waals surface area contributed by atoms with Crippen molar-refractivity contribution in [3.8, 4) is 11.1 Å². The van der Waals surface area contributed by atoms with Crippen molar-refractivity contribution in [2.75, 3.05) is 25.4 Å². The summed E-state index contributed by atoms with van der Waals surface area (Å²) in [5, 5.41) is 12.7. The topological polar surface area (TPSA) is 78.9 Å². The normalized spacial score (nSPS) is 16.1. The first-order valence-electron chi connectivity index (χ1n) is 12.8. The van der Waals surface area contributed by atoms with E-state index in [1.165, 1.54) is 11.1 Å². The number of thioether (sulfide) groups is 1. The second-order valence-electron chi connectivity index (χ2n) is 9.61. The fraction of sp³-hybridized carbons (Fsp3) is 0.333. The van der Waals surface area contributed by atoms with Gasteiger partial charge in [-0.25, -0.2) is 4.79 Å². The molecular weight excluding hydrogens is 484 g/mol.